The molecule has 0 atom stereocenters. The van der Waals surface area contributed by atoms with Gasteiger partial charge in [-0.15, -0.1) is 6.58 Å². The molecule has 3 heteroatoms. The molecule has 1 aromatic carbocycles. The number of benzene rings is 1. The second-order valence-electron chi connectivity index (χ2n) is 12.9. The molecule has 0 aromatic heterocycles. The van der Waals surface area contributed by atoms with E-state index >= 15 is 4.39 Å². The molecule has 3 aliphatic carbocycles. The summed E-state index contributed by atoms with van der Waals surface area (Å²) in [6.07, 6.45) is 24.0. The van der Waals surface area contributed by atoms with Crippen LogP contribution in [-0.4, -0.2) is 13.8 Å². The zero-order valence-corrected chi connectivity index (χ0v) is 25.7. The highest BCUT2D eigenvalue weighted by Gasteiger charge is 2.32. The molecule has 222 valence electrons. The first-order valence-electron chi connectivity index (χ1n) is 16.3. The third kappa shape index (κ3) is 10.8. The summed E-state index contributed by atoms with van der Waals surface area (Å²) >= 11 is 0. The Morgan fingerprint density at radius 1 is 0.795 bits per heavy atom. The molecule has 1 aromatic rings. The van der Waals surface area contributed by atoms with Gasteiger partial charge in [0.2, 0.25) is 0 Å². The third-order valence-corrected chi connectivity index (χ3v) is 10.3. The van der Waals surface area contributed by atoms with Gasteiger partial charge in [0, 0.05) is 0 Å². The Bertz CT molecular complexity index is 798. The van der Waals surface area contributed by atoms with Crippen LogP contribution in [0.5, 0.6) is 0 Å². The van der Waals surface area contributed by atoms with Gasteiger partial charge in [-0.2, -0.15) is 0 Å². The highest BCUT2D eigenvalue weighted by Crippen LogP contribution is 2.45. The molecule has 0 bridgehead atoms. The lowest BCUT2D eigenvalue weighted by atomic mass is 9.67. The Morgan fingerprint density at radius 3 is 1.85 bits per heavy atom. The molecule has 0 aliphatic heterocycles. The predicted molar refractivity (Wildman–Crippen MR) is 167 cm³/mol. The van der Waals surface area contributed by atoms with Crippen LogP contribution in [0.2, 0.25) is 0 Å². The molecular formula is C36H60FNO. The minimum Gasteiger partial charge on any atom is -0.333 e. The number of unbranched alkanes of at least 4 members (excludes halogenated alkanes) is 2. The quantitative estimate of drug-likeness (QED) is 0.236. The minimum atomic E-state index is 0.0917. The normalized spacial score (nSPS) is 28.8. The average molecular weight is 542 g/mol. The van der Waals surface area contributed by atoms with Gasteiger partial charge in [0.15, 0.2) is 0 Å². The fourth-order valence-corrected chi connectivity index (χ4v) is 7.90. The van der Waals surface area contributed by atoms with Gasteiger partial charge >= 0.3 is 0 Å². The molecule has 0 radical (unpaired) electrons. The van der Waals surface area contributed by atoms with Crippen molar-refractivity contribution in [1.29, 1.82) is 0 Å². The number of nitrogens with two attached hydrogens (primary N) is 1. The van der Waals surface area contributed by atoms with E-state index in [9.17, 15) is 0 Å². The maximum Gasteiger partial charge on any atom is 0.126 e. The predicted octanol–water partition coefficient (Wildman–Crippen LogP) is 10.5. The molecule has 3 saturated carbocycles. The molecule has 3 aliphatic rings. The van der Waals surface area contributed by atoms with Crippen LogP contribution in [0.15, 0.2) is 30.4 Å². The van der Waals surface area contributed by atoms with Crippen LogP contribution in [0.4, 0.5) is 4.39 Å². The van der Waals surface area contributed by atoms with Crippen molar-refractivity contribution in [3.63, 3.8) is 0 Å². The Hall–Kier alpha value is -1.48. The number of carbonyl (C=O) groups is 1. The average Bonchev–Trinajstić information content (AvgIpc) is 2.99. The van der Waals surface area contributed by atoms with Gasteiger partial charge in [-0.25, -0.2) is 4.39 Å². The van der Waals surface area contributed by atoms with Crippen molar-refractivity contribution in [3.05, 3.63) is 47.3 Å². The van der Waals surface area contributed by atoms with Crippen molar-refractivity contribution in [3.8, 4) is 0 Å². The molecule has 0 amide bonds. The summed E-state index contributed by atoms with van der Waals surface area (Å²) in [5.41, 5.74) is 8.13. The molecule has 0 saturated heterocycles. The SMILES string of the molecule is C=C(C)CCC1CCC(C2CCC(c3ccc(C4CCC(CCCCC)CC4)cc3F)CC2)CC1.C=O.CN. The van der Waals surface area contributed by atoms with Crippen molar-refractivity contribution in [2.75, 3.05) is 7.05 Å². The third-order valence-electron chi connectivity index (χ3n) is 10.3. The van der Waals surface area contributed by atoms with E-state index in [2.05, 4.69) is 38.3 Å². The van der Waals surface area contributed by atoms with Crippen molar-refractivity contribution in [2.24, 2.45) is 29.4 Å². The van der Waals surface area contributed by atoms with E-state index in [1.54, 1.807) is 0 Å². The smallest absolute Gasteiger partial charge is 0.126 e. The van der Waals surface area contributed by atoms with Gasteiger partial charge in [-0.1, -0.05) is 63.2 Å². The summed E-state index contributed by atoms with van der Waals surface area (Å²) in [4.78, 5) is 8.00. The van der Waals surface area contributed by atoms with E-state index in [1.807, 2.05) is 12.9 Å². The van der Waals surface area contributed by atoms with E-state index < -0.39 is 0 Å². The summed E-state index contributed by atoms with van der Waals surface area (Å²) in [7, 11) is 1.50. The number of hydrogen-bond donors (Lipinski definition) is 1. The molecule has 39 heavy (non-hydrogen) atoms. The molecule has 4 rings (SSSR count). The molecule has 2 nitrogen and oxygen atoms in total. The summed E-state index contributed by atoms with van der Waals surface area (Å²) in [6, 6.07) is 6.39. The van der Waals surface area contributed by atoms with Gasteiger partial charge in [0.05, 0.1) is 0 Å². The standard InChI is InChI=1S/C34H53F.CH5N.CH2O/c1-4-5-6-7-26-10-16-30(17-11-26)32-22-23-33(34(35)24-32)31-20-18-29(19-21-31)28-14-12-27(13-15-28)9-8-25(2)3;2*1-2/h22-24,26-31H,2,4-21H2,1,3H3;2H2,1H3;1H2. The van der Waals surface area contributed by atoms with Gasteiger partial charge in [0.1, 0.15) is 12.6 Å². The maximum atomic E-state index is 15.3. The van der Waals surface area contributed by atoms with Crippen LogP contribution in [0, 0.1) is 29.5 Å². The van der Waals surface area contributed by atoms with E-state index in [1.165, 1.54) is 134 Å². The fourth-order valence-electron chi connectivity index (χ4n) is 7.90. The van der Waals surface area contributed by atoms with Gasteiger partial charge < -0.3 is 10.5 Å². The summed E-state index contributed by atoms with van der Waals surface area (Å²) < 4.78 is 15.3. The number of hydrogen-bond acceptors (Lipinski definition) is 2. The van der Waals surface area contributed by atoms with Gasteiger partial charge in [0.25, 0.3) is 0 Å². The van der Waals surface area contributed by atoms with E-state index in [4.69, 9.17) is 4.79 Å². The first kappa shape index (κ1) is 33.7. The van der Waals surface area contributed by atoms with Crippen molar-refractivity contribution >= 4 is 6.79 Å². The van der Waals surface area contributed by atoms with Crippen LogP contribution in [0.1, 0.15) is 152 Å². The molecule has 3 fully saturated rings. The molecule has 0 heterocycles. The molecule has 0 spiro atoms. The maximum absolute atomic E-state index is 15.3. The molecule has 2 N–H and O–H groups in total. The topological polar surface area (TPSA) is 43.1 Å². The minimum absolute atomic E-state index is 0.0917. The van der Waals surface area contributed by atoms with E-state index in [-0.39, 0.29) is 5.82 Å². The molecule has 0 unspecified atom stereocenters. The number of allylic oxidation sites excluding steroid dienone is 1. The van der Waals surface area contributed by atoms with Crippen LogP contribution in [-0.2, 0) is 4.79 Å². The zero-order valence-electron chi connectivity index (χ0n) is 25.7. The lowest BCUT2D eigenvalue weighted by Crippen LogP contribution is -2.25. The van der Waals surface area contributed by atoms with Crippen LogP contribution < -0.4 is 5.73 Å². The van der Waals surface area contributed by atoms with E-state index in [0.29, 0.717) is 11.8 Å². The Labute approximate surface area is 240 Å². The van der Waals surface area contributed by atoms with Crippen LogP contribution in [0.25, 0.3) is 0 Å². The first-order valence-corrected chi connectivity index (χ1v) is 16.3. The van der Waals surface area contributed by atoms with E-state index in [0.717, 1.165) is 29.2 Å². The number of carbonyl (C=O) groups excluding carboxylic acids is 1. The van der Waals surface area contributed by atoms with Crippen LogP contribution in [0.3, 0.4) is 0 Å². The second kappa shape index (κ2) is 18.8. The van der Waals surface area contributed by atoms with Gasteiger partial charge in [-0.05, 0) is 144 Å². The van der Waals surface area contributed by atoms with Crippen LogP contribution >= 0.6 is 0 Å². The summed E-state index contributed by atoms with van der Waals surface area (Å²) in [6.45, 7) is 10.5. The van der Waals surface area contributed by atoms with Gasteiger partial charge in [-0.3, -0.25) is 0 Å². The highest BCUT2D eigenvalue weighted by molar-refractivity contribution is 5.30. The lowest BCUT2D eigenvalue weighted by Gasteiger charge is -2.38. The summed E-state index contributed by atoms with van der Waals surface area (Å²) in [5.74, 6) is 4.80. The Kier molecular flexibility index (Phi) is 16.2. The Balaban J connectivity index is 0.00000127. The monoisotopic (exact) mass is 541 g/mol. The first-order chi connectivity index (χ1) is 19.0. The van der Waals surface area contributed by atoms with Crippen molar-refractivity contribution in [2.45, 2.75) is 141 Å². The summed E-state index contributed by atoms with van der Waals surface area (Å²) in [5, 5.41) is 0. The number of rotatable bonds is 10. The lowest BCUT2D eigenvalue weighted by molar-refractivity contribution is -0.0980. The zero-order chi connectivity index (χ0) is 28.6. The Morgan fingerprint density at radius 2 is 1.31 bits per heavy atom. The largest absolute Gasteiger partial charge is 0.333 e. The van der Waals surface area contributed by atoms with Crippen molar-refractivity contribution < 1.29 is 9.18 Å². The highest BCUT2D eigenvalue weighted by atomic mass is 19.1. The second-order valence-corrected chi connectivity index (χ2v) is 12.9. The van der Waals surface area contributed by atoms with Crippen molar-refractivity contribution in [1.82, 2.24) is 0 Å². The number of halogens is 1. The fraction of sp³-hybridized carbons (Fsp3) is 0.750. The molecular weight excluding hydrogens is 481 g/mol.